The number of aliphatic hydroxyl groups excluding tert-OH is 2. The molecule has 0 saturated carbocycles. The highest BCUT2D eigenvalue weighted by atomic mass is 127. The fourth-order valence-corrected chi connectivity index (χ4v) is 3.18. The molecular formula is C11H16INO4S. The molecule has 0 fully saturated rings. The lowest BCUT2D eigenvalue weighted by atomic mass is 10.0. The average Bonchev–Trinajstić information content (AvgIpc) is 2.37. The van der Waals surface area contributed by atoms with Crippen molar-refractivity contribution in [3.8, 4) is 0 Å². The molecule has 0 radical (unpaired) electrons. The van der Waals surface area contributed by atoms with Crippen LogP contribution in [-0.4, -0.2) is 37.4 Å². The van der Waals surface area contributed by atoms with E-state index < -0.39 is 28.8 Å². The lowest BCUT2D eigenvalue weighted by molar-refractivity contribution is 0.105. The van der Waals surface area contributed by atoms with Crippen LogP contribution in [0.4, 0.5) is 0 Å². The predicted molar refractivity (Wildman–Crippen MR) is 76.7 cm³/mol. The van der Waals surface area contributed by atoms with E-state index in [4.69, 9.17) is 0 Å². The summed E-state index contributed by atoms with van der Waals surface area (Å²) < 4.78 is 27.5. The van der Waals surface area contributed by atoms with E-state index in [0.717, 1.165) is 3.57 Å². The number of halogens is 1. The summed E-state index contributed by atoms with van der Waals surface area (Å²) in [5, 5.41) is 18.5. The standard InChI is InChI=1S/C11H16INO4S/c1-2-11(7-14,8-15)13-18(16,17)10-5-3-9(12)4-6-10/h3-6,13-15H,2,7-8H2,1H3. The SMILES string of the molecule is CCC(CO)(CO)NS(=O)(=O)c1ccc(I)cc1. The number of hydrogen-bond donors (Lipinski definition) is 3. The second-order valence-electron chi connectivity index (χ2n) is 4.01. The Kier molecular flexibility index (Phi) is 5.53. The van der Waals surface area contributed by atoms with Crippen molar-refractivity contribution in [3.05, 3.63) is 27.8 Å². The van der Waals surface area contributed by atoms with Gasteiger partial charge in [-0.25, -0.2) is 13.1 Å². The topological polar surface area (TPSA) is 86.6 Å². The Morgan fingerprint density at radius 2 is 1.72 bits per heavy atom. The third kappa shape index (κ3) is 3.64. The predicted octanol–water partition coefficient (Wildman–Crippen LogP) is 0.703. The van der Waals surface area contributed by atoms with Gasteiger partial charge >= 0.3 is 0 Å². The molecule has 7 heteroatoms. The van der Waals surface area contributed by atoms with Crippen LogP contribution in [0.3, 0.4) is 0 Å². The normalized spacial score (nSPS) is 12.7. The van der Waals surface area contributed by atoms with Gasteiger partial charge in [0.05, 0.1) is 23.6 Å². The molecule has 0 aliphatic carbocycles. The molecule has 0 aliphatic rings. The minimum Gasteiger partial charge on any atom is -0.394 e. The van der Waals surface area contributed by atoms with Crippen molar-refractivity contribution in [3.63, 3.8) is 0 Å². The van der Waals surface area contributed by atoms with E-state index in [1.54, 1.807) is 19.1 Å². The largest absolute Gasteiger partial charge is 0.394 e. The van der Waals surface area contributed by atoms with Gasteiger partial charge < -0.3 is 10.2 Å². The molecule has 3 N–H and O–H groups in total. The zero-order chi connectivity index (χ0) is 13.8. The maximum Gasteiger partial charge on any atom is 0.241 e. The fraction of sp³-hybridized carbons (Fsp3) is 0.455. The lowest BCUT2D eigenvalue weighted by Gasteiger charge is -2.29. The van der Waals surface area contributed by atoms with E-state index in [1.807, 2.05) is 0 Å². The van der Waals surface area contributed by atoms with Crippen LogP contribution in [-0.2, 0) is 10.0 Å². The Balaban J connectivity index is 3.04. The Labute approximate surface area is 120 Å². The van der Waals surface area contributed by atoms with Gasteiger partial charge in [-0.05, 0) is 53.3 Å². The van der Waals surface area contributed by atoms with E-state index in [2.05, 4.69) is 27.3 Å². The molecule has 102 valence electrons. The highest BCUT2D eigenvalue weighted by Gasteiger charge is 2.32. The average molecular weight is 385 g/mol. The van der Waals surface area contributed by atoms with Crippen LogP contribution in [0.15, 0.2) is 29.2 Å². The number of hydrogen-bond acceptors (Lipinski definition) is 4. The van der Waals surface area contributed by atoms with Crippen LogP contribution in [0, 0.1) is 3.57 Å². The highest BCUT2D eigenvalue weighted by molar-refractivity contribution is 14.1. The van der Waals surface area contributed by atoms with Gasteiger partial charge in [0, 0.05) is 3.57 Å². The fourth-order valence-electron chi connectivity index (χ4n) is 1.37. The molecular weight excluding hydrogens is 369 g/mol. The summed E-state index contributed by atoms with van der Waals surface area (Å²) in [5.74, 6) is 0. The number of benzene rings is 1. The summed E-state index contributed by atoms with van der Waals surface area (Å²) in [5.41, 5.74) is -1.22. The molecule has 1 rings (SSSR count). The molecule has 0 saturated heterocycles. The smallest absolute Gasteiger partial charge is 0.241 e. The molecule has 0 bridgehead atoms. The van der Waals surface area contributed by atoms with Gasteiger partial charge in [-0.1, -0.05) is 6.92 Å². The van der Waals surface area contributed by atoms with Crippen LogP contribution in [0.2, 0.25) is 0 Å². The van der Waals surface area contributed by atoms with E-state index in [9.17, 15) is 18.6 Å². The second kappa shape index (κ2) is 6.29. The molecule has 0 amide bonds. The molecule has 18 heavy (non-hydrogen) atoms. The third-order valence-corrected chi connectivity index (χ3v) is 5.07. The second-order valence-corrected chi connectivity index (χ2v) is 6.94. The third-order valence-electron chi connectivity index (χ3n) is 2.76. The first-order chi connectivity index (χ1) is 8.39. The summed E-state index contributed by atoms with van der Waals surface area (Å²) in [4.78, 5) is 0.114. The van der Waals surface area contributed by atoms with E-state index in [-0.39, 0.29) is 4.90 Å². The maximum absolute atomic E-state index is 12.1. The van der Waals surface area contributed by atoms with E-state index in [0.29, 0.717) is 6.42 Å². The number of aliphatic hydroxyl groups is 2. The molecule has 0 unspecified atom stereocenters. The van der Waals surface area contributed by atoms with Crippen molar-refractivity contribution >= 4 is 32.6 Å². The van der Waals surface area contributed by atoms with Crippen LogP contribution < -0.4 is 4.72 Å². The Hall–Kier alpha value is -0.220. The number of sulfonamides is 1. The Morgan fingerprint density at radius 3 is 2.11 bits per heavy atom. The molecule has 1 aromatic rings. The van der Waals surface area contributed by atoms with Gasteiger partial charge in [-0.3, -0.25) is 0 Å². The number of nitrogens with one attached hydrogen (secondary N) is 1. The van der Waals surface area contributed by atoms with Crippen molar-refractivity contribution in [1.82, 2.24) is 4.72 Å². The molecule has 0 heterocycles. The van der Waals surface area contributed by atoms with E-state index in [1.165, 1.54) is 12.1 Å². The van der Waals surface area contributed by atoms with Crippen molar-refractivity contribution in [2.75, 3.05) is 13.2 Å². The van der Waals surface area contributed by atoms with Crippen LogP contribution in [0.25, 0.3) is 0 Å². The van der Waals surface area contributed by atoms with Crippen molar-refractivity contribution in [2.24, 2.45) is 0 Å². The zero-order valence-electron chi connectivity index (χ0n) is 9.93. The summed E-state index contributed by atoms with van der Waals surface area (Å²) in [6.07, 6.45) is 0.295. The first-order valence-corrected chi connectivity index (χ1v) is 7.96. The van der Waals surface area contributed by atoms with Gasteiger partial charge in [0.2, 0.25) is 10.0 Å². The molecule has 0 aromatic heterocycles. The summed E-state index contributed by atoms with van der Waals surface area (Å²) in [6, 6.07) is 6.33. The monoisotopic (exact) mass is 385 g/mol. The number of rotatable bonds is 6. The summed E-state index contributed by atoms with van der Waals surface area (Å²) in [7, 11) is -3.74. The molecule has 1 aromatic carbocycles. The first-order valence-electron chi connectivity index (χ1n) is 5.40. The Bertz CT molecular complexity index is 474. The minimum absolute atomic E-state index is 0.114. The molecule has 0 spiro atoms. The van der Waals surface area contributed by atoms with Crippen molar-refractivity contribution < 1.29 is 18.6 Å². The summed E-state index contributed by atoms with van der Waals surface area (Å²) in [6.45, 7) is 0.788. The van der Waals surface area contributed by atoms with E-state index >= 15 is 0 Å². The summed E-state index contributed by atoms with van der Waals surface area (Å²) >= 11 is 2.08. The van der Waals surface area contributed by atoms with Crippen LogP contribution in [0.1, 0.15) is 13.3 Å². The first kappa shape index (κ1) is 15.8. The van der Waals surface area contributed by atoms with Crippen molar-refractivity contribution in [2.45, 2.75) is 23.8 Å². The van der Waals surface area contributed by atoms with Crippen LogP contribution in [0.5, 0.6) is 0 Å². The van der Waals surface area contributed by atoms with Gasteiger partial charge in [0.15, 0.2) is 0 Å². The lowest BCUT2D eigenvalue weighted by Crippen LogP contribution is -2.53. The van der Waals surface area contributed by atoms with Gasteiger partial charge in [0.1, 0.15) is 0 Å². The van der Waals surface area contributed by atoms with Gasteiger partial charge in [0.25, 0.3) is 0 Å². The van der Waals surface area contributed by atoms with Crippen molar-refractivity contribution in [1.29, 1.82) is 0 Å². The molecule has 0 atom stereocenters. The Morgan fingerprint density at radius 1 is 1.22 bits per heavy atom. The maximum atomic E-state index is 12.1. The quantitative estimate of drug-likeness (QED) is 0.630. The molecule has 5 nitrogen and oxygen atoms in total. The zero-order valence-corrected chi connectivity index (χ0v) is 12.9. The molecule has 0 aliphatic heterocycles. The van der Waals surface area contributed by atoms with Gasteiger partial charge in [-0.15, -0.1) is 0 Å². The minimum atomic E-state index is -3.74. The highest BCUT2D eigenvalue weighted by Crippen LogP contribution is 2.17. The van der Waals surface area contributed by atoms with Gasteiger partial charge in [-0.2, -0.15) is 0 Å². The van der Waals surface area contributed by atoms with Crippen LogP contribution >= 0.6 is 22.6 Å².